The summed E-state index contributed by atoms with van der Waals surface area (Å²) in [5, 5.41) is 0. The minimum atomic E-state index is -2.05. The van der Waals surface area contributed by atoms with Crippen molar-refractivity contribution >= 4 is 40.3 Å². The van der Waals surface area contributed by atoms with E-state index in [0.29, 0.717) is 13.2 Å². The minimum absolute atomic E-state index is 0. The van der Waals surface area contributed by atoms with E-state index in [1.54, 1.807) is 13.8 Å². The molecule has 0 aromatic carbocycles. The average molecular weight is 302 g/mol. The number of rotatable bonds is 8. The van der Waals surface area contributed by atoms with Crippen LogP contribution in [0, 0.1) is 0 Å². The van der Waals surface area contributed by atoms with E-state index >= 15 is 0 Å². The minimum Gasteiger partial charge on any atom is -0.784 e. The van der Waals surface area contributed by atoms with E-state index in [-0.39, 0.29) is 23.1 Å². The third kappa shape index (κ3) is 22.9. The molecule has 100 valence electrons. The third-order valence-electron chi connectivity index (χ3n) is 0.740. The maximum atomic E-state index is 10.2. The van der Waals surface area contributed by atoms with Gasteiger partial charge in [-0.25, -0.2) is 19.1 Å². The van der Waals surface area contributed by atoms with Crippen LogP contribution in [0.15, 0.2) is 0 Å². The molecule has 17 heavy (non-hydrogen) atoms. The van der Waals surface area contributed by atoms with Crippen molar-refractivity contribution in [3.8, 4) is 0 Å². The van der Waals surface area contributed by atoms with Gasteiger partial charge in [0.2, 0.25) is 0 Å². The van der Waals surface area contributed by atoms with Gasteiger partial charge in [0.15, 0.2) is 0 Å². The van der Waals surface area contributed by atoms with E-state index in [4.69, 9.17) is 0 Å². The van der Waals surface area contributed by atoms with Gasteiger partial charge in [0.1, 0.15) is 17.2 Å². The Morgan fingerprint density at radius 3 is 1.29 bits per heavy atom. The molecule has 0 aliphatic rings. The Morgan fingerprint density at radius 2 is 1.12 bits per heavy atom. The molecule has 0 heterocycles. The van der Waals surface area contributed by atoms with Crippen LogP contribution in [-0.4, -0.2) is 50.5 Å². The molecule has 0 saturated heterocycles. The van der Waals surface area contributed by atoms with E-state index in [1.807, 2.05) is 0 Å². The summed E-state index contributed by atoms with van der Waals surface area (Å²) in [6.45, 7) is 4.15. The molecule has 0 aliphatic carbocycles. The van der Waals surface area contributed by atoms with E-state index < -0.39 is 17.2 Å². The van der Waals surface area contributed by atoms with Gasteiger partial charge in [0.05, 0.1) is 14.2 Å². The molecule has 0 bridgehead atoms. The van der Waals surface area contributed by atoms with Crippen LogP contribution in [0.4, 0.5) is 0 Å². The largest absolute Gasteiger partial charge is 2.00 e. The summed E-state index contributed by atoms with van der Waals surface area (Å²) < 4.78 is 17.0. The smallest absolute Gasteiger partial charge is 0.784 e. The molecule has 0 rings (SSSR count). The van der Waals surface area contributed by atoms with Gasteiger partial charge >= 0.3 is 23.1 Å². The van der Waals surface area contributed by atoms with Gasteiger partial charge in [0.25, 0.3) is 0 Å². The first kappa shape index (κ1) is 23.4. The fourth-order valence-corrected chi connectivity index (χ4v) is 1.13. The Balaban J connectivity index is -0.000000218. The van der Waals surface area contributed by atoms with Crippen LogP contribution in [0.2, 0.25) is 0 Å². The van der Waals surface area contributed by atoms with Crippen LogP contribution < -0.4 is 9.79 Å². The predicted molar refractivity (Wildman–Crippen MR) is 59.0 cm³/mol. The first-order valence-electron chi connectivity index (χ1n) is 4.24. The summed E-state index contributed by atoms with van der Waals surface area (Å²) in [6.07, 6.45) is 0. The summed E-state index contributed by atoms with van der Waals surface area (Å²) in [4.78, 5) is 28.5. The molecular weight excluding hydrogens is 286 g/mol. The Morgan fingerprint density at radius 1 is 0.824 bits per heavy atom. The SMILES string of the molecule is CCOP([O-])OOC.CCOP([O-])OOC.[Mg+2]. The molecule has 0 fully saturated rings. The molecule has 0 N–H and O–H groups in total. The Labute approximate surface area is 119 Å². The average Bonchev–Trinajstić information content (AvgIpc) is 2.20. The van der Waals surface area contributed by atoms with Gasteiger partial charge < -0.3 is 18.8 Å². The summed E-state index contributed by atoms with van der Waals surface area (Å²) in [5.74, 6) is 0. The van der Waals surface area contributed by atoms with Crippen LogP contribution in [-0.2, 0) is 28.2 Å². The van der Waals surface area contributed by atoms with E-state index in [9.17, 15) is 9.79 Å². The molecular formula is C6H16MgO8P2. The molecule has 0 aromatic rings. The van der Waals surface area contributed by atoms with Crippen LogP contribution in [0.3, 0.4) is 0 Å². The second kappa shape index (κ2) is 19.6. The zero-order valence-electron chi connectivity index (χ0n) is 10.3. The fraction of sp³-hybridized carbons (Fsp3) is 1.00. The monoisotopic (exact) mass is 302 g/mol. The molecule has 0 radical (unpaired) electrons. The van der Waals surface area contributed by atoms with Crippen LogP contribution in [0.25, 0.3) is 0 Å². The summed E-state index contributed by atoms with van der Waals surface area (Å²) in [6, 6.07) is 0. The summed E-state index contributed by atoms with van der Waals surface area (Å²) in [5.41, 5.74) is 0. The second-order valence-corrected chi connectivity index (χ2v) is 3.47. The standard InChI is InChI=1S/2C3H8O4P.Mg/c2*1-3-6-8(4)7-5-2;/h2*3H2,1-2H3;/q2*-1;+2. The number of hydrogen-bond donors (Lipinski definition) is 0. The zero-order valence-corrected chi connectivity index (χ0v) is 13.5. The van der Waals surface area contributed by atoms with Gasteiger partial charge in [-0.2, -0.15) is 0 Å². The van der Waals surface area contributed by atoms with Crippen molar-refractivity contribution in [2.24, 2.45) is 0 Å². The molecule has 0 aromatic heterocycles. The third-order valence-corrected chi connectivity index (χ3v) is 2.22. The molecule has 0 aliphatic heterocycles. The predicted octanol–water partition coefficient (Wildman–Crippen LogP) is -0.00460. The molecule has 0 amide bonds. The van der Waals surface area contributed by atoms with Crippen molar-refractivity contribution < 1.29 is 38.0 Å². The van der Waals surface area contributed by atoms with Gasteiger partial charge in [0, 0.05) is 13.2 Å². The van der Waals surface area contributed by atoms with Crippen LogP contribution in [0.5, 0.6) is 0 Å². The topological polar surface area (TPSA) is 102 Å². The van der Waals surface area contributed by atoms with E-state index in [0.717, 1.165) is 0 Å². The molecule has 2 atom stereocenters. The maximum absolute atomic E-state index is 10.2. The Hall–Kier alpha value is 1.31. The molecule has 8 nitrogen and oxygen atoms in total. The van der Waals surface area contributed by atoms with Gasteiger partial charge in [-0.15, -0.1) is 0 Å². The first-order chi connectivity index (χ1) is 7.62. The normalized spacial score (nSPS) is 13.1. The molecule has 11 heteroatoms. The zero-order chi connectivity index (χ0) is 12.8. The van der Waals surface area contributed by atoms with Crippen molar-refractivity contribution in [2.45, 2.75) is 13.8 Å². The van der Waals surface area contributed by atoms with Crippen molar-refractivity contribution in [3.63, 3.8) is 0 Å². The van der Waals surface area contributed by atoms with Crippen LogP contribution >= 0.6 is 17.2 Å². The molecule has 0 saturated carbocycles. The summed E-state index contributed by atoms with van der Waals surface area (Å²) in [7, 11) is -1.57. The quantitative estimate of drug-likeness (QED) is 0.267. The Kier molecular flexibility index (Phi) is 27.0. The Bertz CT molecular complexity index is 109. The van der Waals surface area contributed by atoms with Crippen molar-refractivity contribution in [2.75, 3.05) is 27.4 Å². The van der Waals surface area contributed by atoms with Crippen molar-refractivity contribution in [1.82, 2.24) is 0 Å². The molecule has 2 unspecified atom stereocenters. The van der Waals surface area contributed by atoms with Gasteiger partial charge in [-0.1, -0.05) is 0 Å². The van der Waals surface area contributed by atoms with Crippen molar-refractivity contribution in [3.05, 3.63) is 0 Å². The van der Waals surface area contributed by atoms with Gasteiger partial charge in [-0.05, 0) is 13.8 Å². The second-order valence-electron chi connectivity index (χ2n) is 1.77. The van der Waals surface area contributed by atoms with E-state index in [2.05, 4.69) is 28.2 Å². The number of hydrogen-bond acceptors (Lipinski definition) is 8. The first-order valence-corrected chi connectivity index (χ1v) is 6.43. The fourth-order valence-electron chi connectivity index (χ4n) is 0.376. The van der Waals surface area contributed by atoms with Crippen molar-refractivity contribution in [1.29, 1.82) is 0 Å². The van der Waals surface area contributed by atoms with Gasteiger partial charge in [-0.3, -0.25) is 0 Å². The maximum Gasteiger partial charge on any atom is 2.00 e. The van der Waals surface area contributed by atoms with E-state index in [1.165, 1.54) is 14.2 Å². The summed E-state index contributed by atoms with van der Waals surface area (Å²) >= 11 is 0. The molecule has 0 spiro atoms. The van der Waals surface area contributed by atoms with Crippen LogP contribution in [0.1, 0.15) is 13.8 Å².